The SMILES string of the molecule is ClCCNP1(NCCCl)=NP(Cl)(Cl)=NP(Cl)(Cl)=N1. The van der Waals surface area contributed by atoms with Crippen LogP contribution in [0, 0.1) is 0 Å². The number of nitrogens with one attached hydrogen (secondary N) is 2. The molecule has 0 radical (unpaired) electrons. The Balaban J connectivity index is 3.21. The normalized spacial score (nSPS) is 23.7. The molecule has 0 atom stereocenters. The third-order valence-corrected chi connectivity index (χ3v) is 13.6. The van der Waals surface area contributed by atoms with Crippen LogP contribution in [0.2, 0.25) is 0 Å². The maximum Gasteiger partial charge on any atom is 0.257 e. The van der Waals surface area contributed by atoms with E-state index in [1.807, 2.05) is 0 Å². The van der Waals surface area contributed by atoms with Gasteiger partial charge in [0.1, 0.15) is 0 Å². The highest BCUT2D eigenvalue weighted by molar-refractivity contribution is 8.20. The fourth-order valence-corrected chi connectivity index (χ4v) is 16.7. The van der Waals surface area contributed by atoms with E-state index in [1.54, 1.807) is 0 Å². The van der Waals surface area contributed by atoms with Crippen LogP contribution >= 0.6 is 87.5 Å². The number of halogens is 6. The summed E-state index contributed by atoms with van der Waals surface area (Å²) in [6, 6.07) is 0. The monoisotopic (exact) mass is 431 g/mol. The summed E-state index contributed by atoms with van der Waals surface area (Å²) in [5.41, 5.74) is 0. The predicted molar refractivity (Wildman–Crippen MR) is 88.9 cm³/mol. The van der Waals surface area contributed by atoms with Gasteiger partial charge < -0.3 is 0 Å². The van der Waals surface area contributed by atoms with E-state index in [-0.39, 0.29) is 0 Å². The molecule has 0 aromatic rings. The fraction of sp³-hybridized carbons (Fsp3) is 1.00. The van der Waals surface area contributed by atoms with Crippen LogP contribution in [0.5, 0.6) is 0 Å². The second-order valence-corrected chi connectivity index (χ2v) is 16.2. The number of hydrogen-bond donors (Lipinski definition) is 2. The fourth-order valence-electron chi connectivity index (χ4n) is 1.07. The minimum absolute atomic E-state index is 0.374. The lowest BCUT2D eigenvalue weighted by molar-refractivity contribution is 0.933. The minimum atomic E-state index is -2.94. The summed E-state index contributed by atoms with van der Waals surface area (Å²) in [5.74, 6) is -5.12. The van der Waals surface area contributed by atoms with Gasteiger partial charge in [0.15, 0.2) is 0 Å². The zero-order valence-electron chi connectivity index (χ0n) is 8.78. The molecule has 0 spiro atoms. The van der Waals surface area contributed by atoms with E-state index in [4.69, 9.17) is 68.2 Å². The summed E-state index contributed by atoms with van der Waals surface area (Å²) in [5, 5.41) is 6.13. The van der Waals surface area contributed by atoms with Gasteiger partial charge in [-0.15, -0.1) is 23.2 Å². The molecule has 1 aliphatic rings. The Bertz CT molecular complexity index is 433. The number of rotatable bonds is 6. The molecule has 1 heterocycles. The van der Waals surface area contributed by atoms with Crippen LogP contribution in [0.15, 0.2) is 13.5 Å². The zero-order valence-corrected chi connectivity index (χ0v) is 16.0. The van der Waals surface area contributed by atoms with Gasteiger partial charge in [-0.25, -0.2) is 0 Å². The lowest BCUT2D eigenvalue weighted by Gasteiger charge is -2.27. The largest absolute Gasteiger partial charge is 0.257 e. The van der Waals surface area contributed by atoms with Gasteiger partial charge in [0, 0.05) is 24.8 Å². The van der Waals surface area contributed by atoms with E-state index < -0.39 is 19.3 Å². The van der Waals surface area contributed by atoms with E-state index in [1.165, 1.54) is 0 Å². The van der Waals surface area contributed by atoms with E-state index in [9.17, 15) is 0 Å². The summed E-state index contributed by atoms with van der Waals surface area (Å²) in [6.45, 7) is 0.915. The van der Waals surface area contributed by atoms with Crippen molar-refractivity contribution in [3.63, 3.8) is 0 Å². The molecule has 14 heteroatoms. The lowest BCUT2D eigenvalue weighted by Crippen LogP contribution is -2.24. The quantitative estimate of drug-likeness (QED) is 0.373. The molecule has 0 bridgehead atoms. The molecular weight excluding hydrogens is 424 g/mol. The van der Waals surface area contributed by atoms with Crippen molar-refractivity contribution in [1.82, 2.24) is 10.2 Å². The van der Waals surface area contributed by atoms with E-state index in [0.717, 1.165) is 0 Å². The summed E-state index contributed by atoms with van der Waals surface area (Å²) in [6.07, 6.45) is 0. The molecule has 0 saturated carbocycles. The van der Waals surface area contributed by atoms with Crippen LogP contribution in [0.4, 0.5) is 0 Å². The second kappa shape index (κ2) is 7.56. The predicted octanol–water partition coefficient (Wildman–Crippen LogP) is 6.45. The first kappa shape index (κ1) is 18.4. The standard InChI is InChI=1S/C4H10Cl6N5P3/c5-1-3-11-18(12-4-2-6)14-16(7,8)13-17(9,10)15-18/h11-12H,1-4H2. The van der Waals surface area contributed by atoms with Crippen molar-refractivity contribution in [3.8, 4) is 0 Å². The first-order chi connectivity index (χ1) is 8.24. The third-order valence-electron chi connectivity index (χ3n) is 1.54. The van der Waals surface area contributed by atoms with Crippen molar-refractivity contribution >= 4 is 87.5 Å². The van der Waals surface area contributed by atoms with Gasteiger partial charge in [-0.3, -0.25) is 10.2 Å². The molecule has 2 N–H and O–H groups in total. The van der Waals surface area contributed by atoms with E-state index in [2.05, 4.69) is 23.7 Å². The Morgan fingerprint density at radius 2 is 1.17 bits per heavy atom. The summed E-state index contributed by atoms with van der Waals surface area (Å²) in [7, 11) is -2.61. The maximum absolute atomic E-state index is 6.02. The number of hydrogen-bond acceptors (Lipinski definition) is 5. The first-order valence-corrected chi connectivity index (χ1v) is 14.3. The van der Waals surface area contributed by atoms with E-state index >= 15 is 0 Å². The Labute approximate surface area is 135 Å². The molecule has 1 aliphatic heterocycles. The van der Waals surface area contributed by atoms with E-state index in [0.29, 0.717) is 24.8 Å². The molecule has 108 valence electrons. The average molecular weight is 434 g/mol. The zero-order chi connectivity index (χ0) is 13.9. The highest BCUT2D eigenvalue weighted by atomic mass is 35.9. The summed E-state index contributed by atoms with van der Waals surface area (Å²) < 4.78 is 12.4. The molecule has 0 amide bonds. The highest BCUT2D eigenvalue weighted by Crippen LogP contribution is 2.83. The smallest absolute Gasteiger partial charge is 0.252 e. The topological polar surface area (TPSA) is 61.1 Å². The minimum Gasteiger partial charge on any atom is -0.252 e. The van der Waals surface area contributed by atoms with Gasteiger partial charge in [0.25, 0.3) is 11.8 Å². The molecule has 1 rings (SSSR count). The summed E-state index contributed by atoms with van der Waals surface area (Å²) in [4.78, 5) is 0. The molecule has 18 heavy (non-hydrogen) atoms. The highest BCUT2D eigenvalue weighted by Gasteiger charge is 2.32. The van der Waals surface area contributed by atoms with Crippen LogP contribution in [0.25, 0.3) is 0 Å². The molecule has 0 aromatic heterocycles. The molecule has 0 aromatic carbocycles. The van der Waals surface area contributed by atoms with Crippen molar-refractivity contribution in [3.05, 3.63) is 0 Å². The van der Waals surface area contributed by atoms with Crippen LogP contribution < -0.4 is 10.2 Å². The van der Waals surface area contributed by atoms with Crippen molar-refractivity contribution in [2.75, 3.05) is 24.8 Å². The van der Waals surface area contributed by atoms with Gasteiger partial charge in [0.2, 0.25) is 7.51 Å². The van der Waals surface area contributed by atoms with Crippen molar-refractivity contribution < 1.29 is 0 Å². The van der Waals surface area contributed by atoms with Gasteiger partial charge >= 0.3 is 0 Å². The average Bonchev–Trinajstić information content (AvgIpc) is 2.19. The van der Waals surface area contributed by atoms with Crippen molar-refractivity contribution in [2.24, 2.45) is 13.5 Å². The number of alkyl halides is 2. The van der Waals surface area contributed by atoms with Crippen molar-refractivity contribution in [1.29, 1.82) is 0 Å². The molecular formula is C4H10Cl6N5P3. The molecule has 5 nitrogen and oxygen atoms in total. The molecule has 0 unspecified atom stereocenters. The van der Waals surface area contributed by atoms with Crippen LogP contribution in [-0.4, -0.2) is 24.8 Å². The third kappa shape index (κ3) is 6.00. The molecule has 0 saturated heterocycles. The number of nitrogens with zero attached hydrogens (tertiary/aromatic N) is 3. The Kier molecular flexibility index (Phi) is 7.73. The Morgan fingerprint density at radius 3 is 1.56 bits per heavy atom. The maximum atomic E-state index is 6.02. The Hall–Kier alpha value is 2.35. The van der Waals surface area contributed by atoms with Crippen LogP contribution in [0.1, 0.15) is 0 Å². The molecule has 0 aliphatic carbocycles. The van der Waals surface area contributed by atoms with Crippen molar-refractivity contribution in [2.45, 2.75) is 0 Å². The Morgan fingerprint density at radius 1 is 0.722 bits per heavy atom. The summed E-state index contributed by atoms with van der Waals surface area (Å²) >= 11 is 35.4. The van der Waals surface area contributed by atoms with Crippen LogP contribution in [0.3, 0.4) is 0 Å². The first-order valence-electron chi connectivity index (χ1n) is 4.56. The molecule has 0 fully saturated rings. The van der Waals surface area contributed by atoms with Crippen LogP contribution in [-0.2, 0) is 0 Å². The lowest BCUT2D eigenvalue weighted by atomic mass is 10.8. The van der Waals surface area contributed by atoms with Gasteiger partial charge in [-0.1, -0.05) is 0 Å². The van der Waals surface area contributed by atoms with Gasteiger partial charge in [0.05, 0.1) is 0 Å². The van der Waals surface area contributed by atoms with Gasteiger partial charge in [-0.05, 0) is 45.0 Å². The second-order valence-electron chi connectivity index (χ2n) is 2.98. The van der Waals surface area contributed by atoms with Gasteiger partial charge in [-0.2, -0.15) is 13.5 Å².